The molecule has 11 nitrogen and oxygen atoms in total. The molecule has 0 aromatic carbocycles. The van der Waals surface area contributed by atoms with Crippen molar-refractivity contribution < 1.29 is 49.3 Å². The fourth-order valence-corrected chi connectivity index (χ4v) is 9.26. The van der Waals surface area contributed by atoms with Crippen LogP contribution in [0.1, 0.15) is 265 Å². The number of nitrogens with one attached hydrogen (secondary N) is 1. The molecule has 6 N–H and O–H groups in total. The van der Waals surface area contributed by atoms with Crippen molar-refractivity contribution in [1.29, 1.82) is 0 Å². The number of ether oxygens (including phenoxy) is 3. The number of carbonyl (C=O) groups is 2. The third-order valence-corrected chi connectivity index (χ3v) is 14.2. The number of esters is 1. The van der Waals surface area contributed by atoms with Crippen LogP contribution in [-0.4, -0.2) is 99.6 Å². The van der Waals surface area contributed by atoms with Crippen LogP contribution in [0.4, 0.5) is 0 Å². The van der Waals surface area contributed by atoms with E-state index < -0.39 is 67.4 Å². The zero-order valence-electron chi connectivity index (χ0n) is 47.5. The van der Waals surface area contributed by atoms with Gasteiger partial charge in [-0.15, -0.1) is 0 Å². The first-order valence-corrected chi connectivity index (χ1v) is 30.6. The minimum absolute atomic E-state index is 0.116. The molecule has 1 heterocycles. The normalized spacial score (nSPS) is 19.7. The Morgan fingerprint density at radius 3 is 1.49 bits per heavy atom. The van der Waals surface area contributed by atoms with E-state index in [2.05, 4.69) is 74.7 Å². The Morgan fingerprint density at radius 1 is 0.541 bits per heavy atom. The van der Waals surface area contributed by atoms with Crippen LogP contribution in [0.3, 0.4) is 0 Å². The third-order valence-electron chi connectivity index (χ3n) is 14.2. The Bertz CT molecular complexity index is 1430. The zero-order chi connectivity index (χ0) is 54.0. The average molecular weight is 1040 g/mol. The second-order valence-electron chi connectivity index (χ2n) is 21.1. The summed E-state index contributed by atoms with van der Waals surface area (Å²) in [4.78, 5) is 26.5. The topological polar surface area (TPSA) is 175 Å². The van der Waals surface area contributed by atoms with Gasteiger partial charge in [-0.2, -0.15) is 0 Å². The molecule has 0 bridgehead atoms. The van der Waals surface area contributed by atoms with Crippen molar-refractivity contribution in [3.8, 4) is 0 Å². The molecule has 0 aromatic rings. The van der Waals surface area contributed by atoms with Gasteiger partial charge in [-0.1, -0.05) is 236 Å². The lowest BCUT2D eigenvalue weighted by molar-refractivity contribution is -0.305. The van der Waals surface area contributed by atoms with Gasteiger partial charge in [-0.05, 0) is 83.5 Å². The summed E-state index contributed by atoms with van der Waals surface area (Å²) in [5.41, 5.74) is 0. The van der Waals surface area contributed by atoms with Gasteiger partial charge in [0.1, 0.15) is 24.4 Å². The summed E-state index contributed by atoms with van der Waals surface area (Å²) >= 11 is 0. The molecule has 1 aliphatic heterocycles. The molecule has 1 saturated heterocycles. The first-order chi connectivity index (χ1) is 36.2. The van der Waals surface area contributed by atoms with Crippen LogP contribution in [0, 0.1) is 0 Å². The van der Waals surface area contributed by atoms with E-state index in [-0.39, 0.29) is 19.4 Å². The number of amides is 1. The van der Waals surface area contributed by atoms with E-state index in [1.165, 1.54) is 122 Å². The van der Waals surface area contributed by atoms with Crippen molar-refractivity contribution in [3.05, 3.63) is 60.8 Å². The van der Waals surface area contributed by atoms with Crippen LogP contribution in [-0.2, 0) is 23.8 Å². The second kappa shape index (κ2) is 51.1. The predicted octanol–water partition coefficient (Wildman–Crippen LogP) is 14.2. The number of aliphatic hydroxyl groups excluding tert-OH is 5. The van der Waals surface area contributed by atoms with Crippen LogP contribution >= 0.6 is 0 Å². The summed E-state index contributed by atoms with van der Waals surface area (Å²) in [5, 5.41) is 56.9. The van der Waals surface area contributed by atoms with Crippen molar-refractivity contribution in [2.24, 2.45) is 0 Å². The summed E-state index contributed by atoms with van der Waals surface area (Å²) < 4.78 is 17.6. The van der Waals surface area contributed by atoms with Crippen LogP contribution in [0.2, 0.25) is 0 Å². The fourth-order valence-electron chi connectivity index (χ4n) is 9.26. The maximum absolute atomic E-state index is 13.4. The van der Waals surface area contributed by atoms with Gasteiger partial charge < -0.3 is 45.1 Å². The minimum Gasteiger partial charge on any atom is -0.454 e. The van der Waals surface area contributed by atoms with Crippen molar-refractivity contribution in [2.45, 2.75) is 314 Å². The largest absolute Gasteiger partial charge is 0.454 e. The van der Waals surface area contributed by atoms with E-state index in [1.54, 1.807) is 6.08 Å². The molecule has 0 spiro atoms. The summed E-state index contributed by atoms with van der Waals surface area (Å²) in [6.07, 6.45) is 52.5. The van der Waals surface area contributed by atoms with Gasteiger partial charge in [0.25, 0.3) is 0 Å². The molecule has 0 radical (unpaired) electrons. The maximum Gasteiger partial charge on any atom is 0.306 e. The van der Waals surface area contributed by atoms with Gasteiger partial charge in [0, 0.05) is 6.42 Å². The Hall–Kier alpha value is -2.64. The Balaban J connectivity index is 2.69. The summed E-state index contributed by atoms with van der Waals surface area (Å²) in [6, 6.07) is -1.03. The molecule has 0 aromatic heterocycles. The first-order valence-electron chi connectivity index (χ1n) is 30.6. The monoisotopic (exact) mass is 1040 g/mol. The molecule has 0 saturated carbocycles. The molecular weight excluding hydrogens is 931 g/mol. The Labute approximate surface area is 452 Å². The predicted molar refractivity (Wildman–Crippen MR) is 306 cm³/mol. The third kappa shape index (κ3) is 38.8. The molecule has 1 rings (SSSR count). The highest BCUT2D eigenvalue weighted by Gasteiger charge is 2.47. The van der Waals surface area contributed by atoms with E-state index in [1.807, 2.05) is 6.08 Å². The van der Waals surface area contributed by atoms with Crippen molar-refractivity contribution in [3.63, 3.8) is 0 Å². The van der Waals surface area contributed by atoms with Gasteiger partial charge in [0.15, 0.2) is 12.4 Å². The lowest BCUT2D eigenvalue weighted by Gasteiger charge is -2.41. The van der Waals surface area contributed by atoms with E-state index in [0.29, 0.717) is 12.8 Å². The lowest BCUT2D eigenvalue weighted by atomic mass is 9.99. The van der Waals surface area contributed by atoms with Crippen molar-refractivity contribution >= 4 is 11.9 Å². The Morgan fingerprint density at radius 2 is 0.973 bits per heavy atom. The van der Waals surface area contributed by atoms with Gasteiger partial charge in [-0.25, -0.2) is 0 Å². The van der Waals surface area contributed by atoms with Crippen molar-refractivity contribution in [1.82, 2.24) is 5.32 Å². The fraction of sp³-hybridized carbons (Fsp3) is 0.810. The number of allylic oxidation sites excluding steroid dienone is 9. The molecule has 430 valence electrons. The number of hydrogen-bond acceptors (Lipinski definition) is 10. The molecule has 1 amide bonds. The number of aliphatic hydroxyl groups is 5. The van der Waals surface area contributed by atoms with Crippen LogP contribution in [0.25, 0.3) is 0 Å². The second-order valence-corrected chi connectivity index (χ2v) is 21.1. The smallest absolute Gasteiger partial charge is 0.306 e. The average Bonchev–Trinajstić information content (AvgIpc) is 3.40. The quantitative estimate of drug-likeness (QED) is 0.0149. The standard InChI is InChI=1S/C63H113NO10/c1-4-7-10-13-16-19-22-25-27-28-29-30-31-33-36-39-42-45-48-51-58(68)74-61-60(70)59(69)57(52-65)73-63(61)72-53-54(55(66)49-46-43-40-37-34-24-21-18-15-12-9-6-3)64-62(71)56(67)50-47-44-41-38-35-32-26-23-20-17-14-11-8-5-2/h16-17,19-20,23,25-27,46,49,54-57,59-61,63,65-67,69-70H,4-15,18,21-22,24,28-45,47-48,50-53H2,1-3H3,(H,64,71)/b19-16-,20-17+,26-23+,27-25-,49-46+. The first kappa shape index (κ1) is 69.4. The molecule has 0 aliphatic carbocycles. The molecule has 74 heavy (non-hydrogen) atoms. The van der Waals surface area contributed by atoms with Crippen LogP contribution in [0.15, 0.2) is 60.8 Å². The summed E-state index contributed by atoms with van der Waals surface area (Å²) in [5.74, 6) is -1.21. The molecule has 8 unspecified atom stereocenters. The van der Waals surface area contributed by atoms with Gasteiger partial charge >= 0.3 is 5.97 Å². The summed E-state index contributed by atoms with van der Waals surface area (Å²) in [6.45, 7) is 5.72. The van der Waals surface area contributed by atoms with Gasteiger partial charge in [0.2, 0.25) is 5.91 Å². The van der Waals surface area contributed by atoms with Gasteiger partial charge in [-0.3, -0.25) is 9.59 Å². The SMILES string of the molecule is CCCCC/C=C\C/C=C\CCCCCCCCCCCC(=O)OC1C(OCC(NC(=O)C(O)CCCCCCC/C=C/C=C/CCCCC)C(O)/C=C/CCCCCCCCCCCC)OC(CO)C(O)C1O. The zero-order valence-corrected chi connectivity index (χ0v) is 47.5. The number of carbonyl (C=O) groups excluding carboxylic acids is 2. The highest BCUT2D eigenvalue weighted by atomic mass is 16.7. The summed E-state index contributed by atoms with van der Waals surface area (Å²) in [7, 11) is 0. The lowest BCUT2D eigenvalue weighted by Crippen LogP contribution is -2.61. The van der Waals surface area contributed by atoms with E-state index >= 15 is 0 Å². The van der Waals surface area contributed by atoms with E-state index in [0.717, 1.165) is 96.3 Å². The van der Waals surface area contributed by atoms with E-state index in [4.69, 9.17) is 14.2 Å². The minimum atomic E-state index is -1.62. The number of hydrogen-bond donors (Lipinski definition) is 6. The Kier molecular flexibility index (Phi) is 47.9. The highest BCUT2D eigenvalue weighted by molar-refractivity contribution is 5.80. The number of unbranched alkanes of at least 4 members (excludes halogenated alkanes) is 30. The van der Waals surface area contributed by atoms with Crippen LogP contribution < -0.4 is 5.32 Å². The molecule has 11 heteroatoms. The van der Waals surface area contributed by atoms with Crippen molar-refractivity contribution in [2.75, 3.05) is 13.2 Å². The molecule has 1 fully saturated rings. The van der Waals surface area contributed by atoms with Gasteiger partial charge in [0.05, 0.1) is 25.4 Å². The van der Waals surface area contributed by atoms with E-state index in [9.17, 15) is 35.1 Å². The maximum atomic E-state index is 13.4. The van der Waals surface area contributed by atoms with Crippen LogP contribution in [0.5, 0.6) is 0 Å². The number of rotatable bonds is 51. The molecular formula is C63H113NO10. The highest BCUT2D eigenvalue weighted by Crippen LogP contribution is 2.26. The molecule has 8 atom stereocenters. The molecule has 1 aliphatic rings.